The van der Waals surface area contributed by atoms with Gasteiger partial charge in [-0.2, -0.15) is 0 Å². The van der Waals surface area contributed by atoms with Gasteiger partial charge < -0.3 is 20.7 Å². The molecule has 0 spiro atoms. The fraction of sp³-hybridized carbons (Fsp3) is 0.333. The highest BCUT2D eigenvalue weighted by atomic mass is 16.5. The van der Waals surface area contributed by atoms with Crippen LogP contribution in [0.2, 0.25) is 0 Å². The summed E-state index contributed by atoms with van der Waals surface area (Å²) in [4.78, 5) is 25.8. The minimum Gasteiger partial charge on any atom is -0.495 e. The highest BCUT2D eigenvalue weighted by molar-refractivity contribution is 5.94. The van der Waals surface area contributed by atoms with Crippen LogP contribution in [0.3, 0.4) is 0 Å². The van der Waals surface area contributed by atoms with E-state index >= 15 is 0 Å². The van der Waals surface area contributed by atoms with E-state index in [1.807, 2.05) is 43.5 Å². The van der Waals surface area contributed by atoms with Crippen molar-refractivity contribution in [1.29, 1.82) is 0 Å². The smallest absolute Gasteiger partial charge is 0.227 e. The van der Waals surface area contributed by atoms with Gasteiger partial charge in [0.15, 0.2) is 0 Å². The van der Waals surface area contributed by atoms with Gasteiger partial charge in [-0.3, -0.25) is 14.8 Å². The van der Waals surface area contributed by atoms with Crippen molar-refractivity contribution >= 4 is 17.4 Å². The zero-order valence-electron chi connectivity index (χ0n) is 18.3. The summed E-state index contributed by atoms with van der Waals surface area (Å²) in [5.74, 6) is 1.32. The fourth-order valence-corrected chi connectivity index (χ4v) is 3.78. The number of methoxy groups -OCH3 is 1. The first-order valence-electron chi connectivity index (χ1n) is 10.8. The molecule has 0 saturated carbocycles. The number of aromatic nitrogens is 3. The number of nitrogens with one attached hydrogen (secondary N) is 3. The maximum atomic E-state index is 12.6. The molecular formula is C24H28N6O2. The third kappa shape index (κ3) is 5.20. The Balaban J connectivity index is 1.50. The lowest BCUT2D eigenvalue weighted by molar-refractivity contribution is -0.120. The number of rotatable bonds is 7. The molecule has 0 aliphatic carbocycles. The molecule has 1 aromatic carbocycles. The fourth-order valence-electron chi connectivity index (χ4n) is 3.78. The number of nitrogens with zero attached hydrogens (tertiary/aromatic N) is 3. The molecule has 1 aliphatic rings. The predicted octanol–water partition coefficient (Wildman–Crippen LogP) is 3.66. The lowest BCUT2D eigenvalue weighted by Gasteiger charge is -2.22. The molecular weight excluding hydrogens is 404 g/mol. The summed E-state index contributed by atoms with van der Waals surface area (Å²) in [6, 6.07) is 9.61. The van der Waals surface area contributed by atoms with Gasteiger partial charge in [-0.05, 0) is 56.6 Å². The molecule has 0 bridgehead atoms. The van der Waals surface area contributed by atoms with Gasteiger partial charge in [-0.25, -0.2) is 4.98 Å². The van der Waals surface area contributed by atoms with Crippen molar-refractivity contribution in [2.24, 2.45) is 5.92 Å². The van der Waals surface area contributed by atoms with Gasteiger partial charge in [0.05, 0.1) is 36.9 Å². The molecule has 2 aromatic heterocycles. The number of piperidine rings is 1. The molecule has 1 amide bonds. The number of benzene rings is 1. The molecule has 8 nitrogen and oxygen atoms in total. The van der Waals surface area contributed by atoms with Gasteiger partial charge in [0.1, 0.15) is 11.6 Å². The number of ether oxygens (including phenoxy) is 1. The van der Waals surface area contributed by atoms with E-state index < -0.39 is 0 Å². The Morgan fingerprint density at radius 3 is 2.75 bits per heavy atom. The summed E-state index contributed by atoms with van der Waals surface area (Å²) in [7, 11) is 1.60. The van der Waals surface area contributed by atoms with Crippen molar-refractivity contribution in [2.45, 2.75) is 25.8 Å². The van der Waals surface area contributed by atoms with Gasteiger partial charge >= 0.3 is 0 Å². The summed E-state index contributed by atoms with van der Waals surface area (Å²) in [6.07, 6.45) is 8.68. The van der Waals surface area contributed by atoms with E-state index in [0.717, 1.165) is 37.1 Å². The average molecular weight is 433 g/mol. The van der Waals surface area contributed by atoms with Gasteiger partial charge in [0.25, 0.3) is 0 Å². The Bertz CT molecular complexity index is 1050. The first-order chi connectivity index (χ1) is 15.6. The van der Waals surface area contributed by atoms with E-state index in [1.54, 1.807) is 25.7 Å². The lowest BCUT2D eigenvalue weighted by Crippen LogP contribution is -2.34. The van der Waals surface area contributed by atoms with Crippen molar-refractivity contribution in [3.8, 4) is 17.0 Å². The summed E-state index contributed by atoms with van der Waals surface area (Å²) >= 11 is 0. The number of amides is 1. The largest absolute Gasteiger partial charge is 0.495 e. The first-order valence-corrected chi connectivity index (χ1v) is 10.8. The van der Waals surface area contributed by atoms with Crippen LogP contribution in [0.25, 0.3) is 11.3 Å². The standard InChI is InChI=1S/C24H28N6O2/c1-16(19-4-3-9-26-13-19)28-23-15-27-14-21(29-23)18-5-6-20(22(12-18)32-2)30-24(31)17-7-10-25-11-8-17/h3-6,9,12-17,25H,7-8,10-11H2,1-2H3,(H,28,29)(H,30,31). The summed E-state index contributed by atoms with van der Waals surface area (Å²) in [6.45, 7) is 3.79. The molecule has 1 fully saturated rings. The second-order valence-electron chi connectivity index (χ2n) is 7.87. The predicted molar refractivity (Wildman–Crippen MR) is 125 cm³/mol. The topological polar surface area (TPSA) is 101 Å². The van der Waals surface area contributed by atoms with Crippen molar-refractivity contribution in [1.82, 2.24) is 20.3 Å². The monoisotopic (exact) mass is 432 g/mol. The van der Waals surface area contributed by atoms with Gasteiger partial charge in [-0.1, -0.05) is 12.1 Å². The van der Waals surface area contributed by atoms with Crippen LogP contribution in [0.5, 0.6) is 5.75 Å². The van der Waals surface area contributed by atoms with Crippen LogP contribution in [0.1, 0.15) is 31.4 Å². The molecule has 1 unspecified atom stereocenters. The minimum atomic E-state index is 0.0241. The number of carbonyl (C=O) groups is 1. The van der Waals surface area contributed by atoms with Crippen LogP contribution in [0.15, 0.2) is 55.1 Å². The highest BCUT2D eigenvalue weighted by Gasteiger charge is 2.22. The summed E-state index contributed by atoms with van der Waals surface area (Å²) in [5, 5.41) is 9.66. The maximum Gasteiger partial charge on any atom is 0.227 e. The second-order valence-corrected chi connectivity index (χ2v) is 7.87. The lowest BCUT2D eigenvalue weighted by atomic mass is 9.97. The van der Waals surface area contributed by atoms with Crippen molar-refractivity contribution in [3.05, 3.63) is 60.7 Å². The van der Waals surface area contributed by atoms with Crippen LogP contribution >= 0.6 is 0 Å². The minimum absolute atomic E-state index is 0.0241. The van der Waals surface area contributed by atoms with Crippen LogP contribution in [-0.2, 0) is 4.79 Å². The molecule has 1 aliphatic heterocycles. The third-order valence-electron chi connectivity index (χ3n) is 5.65. The SMILES string of the molecule is COc1cc(-c2cncc(NC(C)c3cccnc3)n2)ccc1NC(=O)C1CCNCC1. The molecule has 1 saturated heterocycles. The van der Waals surface area contributed by atoms with Crippen molar-refractivity contribution < 1.29 is 9.53 Å². The Morgan fingerprint density at radius 2 is 2.00 bits per heavy atom. The number of pyridine rings is 1. The molecule has 3 aromatic rings. The van der Waals surface area contributed by atoms with Crippen LogP contribution in [0.4, 0.5) is 11.5 Å². The van der Waals surface area contributed by atoms with Crippen LogP contribution in [0, 0.1) is 5.92 Å². The van der Waals surface area contributed by atoms with Crippen LogP contribution < -0.4 is 20.7 Å². The van der Waals surface area contributed by atoms with E-state index in [2.05, 4.69) is 25.9 Å². The van der Waals surface area contributed by atoms with E-state index in [1.165, 1.54) is 0 Å². The Hall–Kier alpha value is -3.52. The zero-order valence-corrected chi connectivity index (χ0v) is 18.3. The molecule has 1 atom stereocenters. The number of hydrogen-bond donors (Lipinski definition) is 3. The second kappa shape index (κ2) is 10.2. The number of anilines is 2. The first kappa shape index (κ1) is 21.7. The quantitative estimate of drug-likeness (QED) is 0.524. The molecule has 3 N–H and O–H groups in total. The van der Waals surface area contributed by atoms with Gasteiger partial charge in [0, 0.05) is 23.9 Å². The van der Waals surface area contributed by atoms with E-state index in [4.69, 9.17) is 9.72 Å². The average Bonchev–Trinajstić information content (AvgIpc) is 2.85. The zero-order chi connectivity index (χ0) is 22.3. The van der Waals surface area contributed by atoms with Crippen LogP contribution in [-0.4, -0.2) is 41.1 Å². The highest BCUT2D eigenvalue weighted by Crippen LogP contribution is 2.31. The maximum absolute atomic E-state index is 12.6. The van der Waals surface area contributed by atoms with Gasteiger partial charge in [-0.15, -0.1) is 0 Å². The molecule has 0 radical (unpaired) electrons. The number of hydrogen-bond acceptors (Lipinski definition) is 7. The molecule has 4 rings (SSSR count). The van der Waals surface area contributed by atoms with Gasteiger partial charge in [0.2, 0.25) is 5.91 Å². The molecule has 166 valence electrons. The molecule has 3 heterocycles. The normalized spacial score (nSPS) is 15.1. The summed E-state index contributed by atoms with van der Waals surface area (Å²) in [5.41, 5.74) is 3.29. The Morgan fingerprint density at radius 1 is 1.16 bits per heavy atom. The summed E-state index contributed by atoms with van der Waals surface area (Å²) < 4.78 is 5.55. The van der Waals surface area contributed by atoms with E-state index in [9.17, 15) is 4.79 Å². The molecule has 32 heavy (non-hydrogen) atoms. The Labute approximate surface area is 187 Å². The molecule has 8 heteroatoms. The Kier molecular flexibility index (Phi) is 6.91. The van der Waals surface area contributed by atoms with Crippen molar-refractivity contribution in [2.75, 3.05) is 30.8 Å². The van der Waals surface area contributed by atoms with Crippen molar-refractivity contribution in [3.63, 3.8) is 0 Å². The number of carbonyl (C=O) groups excluding carboxylic acids is 1. The third-order valence-corrected chi connectivity index (χ3v) is 5.65. The van der Waals surface area contributed by atoms with E-state index in [0.29, 0.717) is 22.9 Å². The van der Waals surface area contributed by atoms with E-state index in [-0.39, 0.29) is 17.9 Å².